The minimum absolute atomic E-state index is 0. The van der Waals surface area contributed by atoms with Gasteiger partial charge in [-0.05, 0) is 31.7 Å². The minimum atomic E-state index is 0. The van der Waals surface area contributed by atoms with Gasteiger partial charge in [-0.1, -0.05) is 30.3 Å². The Labute approximate surface area is 166 Å². The molecule has 5 nitrogen and oxygen atoms in total. The molecule has 1 amide bonds. The highest BCUT2D eigenvalue weighted by Gasteiger charge is 2.47. The predicted octanol–water partition coefficient (Wildman–Crippen LogP) is 2.43. The van der Waals surface area contributed by atoms with E-state index < -0.39 is 0 Å². The van der Waals surface area contributed by atoms with Crippen LogP contribution in [0.3, 0.4) is 0 Å². The highest BCUT2D eigenvalue weighted by atomic mass is 35.5. The van der Waals surface area contributed by atoms with Gasteiger partial charge in [0.1, 0.15) is 0 Å². The molecule has 1 aromatic heterocycles. The standard InChI is InChI=1S/C21H26N4O.ClH/c1-24-18-10-12-25(21(26)19-15-7-8-17(19)22-13-15)11-9-16(18)20(23-24)14-5-3-2-4-6-14;/h2-6,15,17,19,22H,7-13H2,1H3;1H/t15-,17-,19+;/m0./s1. The van der Waals surface area contributed by atoms with Gasteiger partial charge < -0.3 is 10.2 Å². The molecule has 0 unspecified atom stereocenters. The number of hydrogen-bond donors (Lipinski definition) is 1. The smallest absolute Gasteiger partial charge is 0.227 e. The molecule has 2 bridgehead atoms. The van der Waals surface area contributed by atoms with Crippen LogP contribution in [-0.4, -0.2) is 46.3 Å². The molecule has 1 aliphatic carbocycles. The Balaban J connectivity index is 0.00000180. The fraction of sp³-hybridized carbons (Fsp3) is 0.524. The lowest BCUT2D eigenvalue weighted by Crippen LogP contribution is -2.41. The molecule has 2 fully saturated rings. The maximum Gasteiger partial charge on any atom is 0.227 e. The van der Waals surface area contributed by atoms with Crippen molar-refractivity contribution in [3.63, 3.8) is 0 Å². The molecule has 1 saturated carbocycles. The summed E-state index contributed by atoms with van der Waals surface area (Å²) in [6.07, 6.45) is 4.17. The predicted molar refractivity (Wildman–Crippen MR) is 108 cm³/mol. The first-order valence-corrected chi connectivity index (χ1v) is 9.84. The molecule has 3 atom stereocenters. The summed E-state index contributed by atoms with van der Waals surface area (Å²) in [5, 5.41) is 8.32. The summed E-state index contributed by atoms with van der Waals surface area (Å²) < 4.78 is 2.02. The van der Waals surface area contributed by atoms with Gasteiger partial charge in [0, 0.05) is 49.4 Å². The van der Waals surface area contributed by atoms with Gasteiger partial charge in [0.15, 0.2) is 0 Å². The third-order valence-corrected chi connectivity index (χ3v) is 6.60. The summed E-state index contributed by atoms with van der Waals surface area (Å²) in [6, 6.07) is 10.8. The number of fused-ring (bicyclic) bond motifs is 3. The zero-order chi connectivity index (χ0) is 17.7. The van der Waals surface area contributed by atoms with Crippen LogP contribution in [0.15, 0.2) is 30.3 Å². The molecule has 1 aromatic carbocycles. The number of amides is 1. The third-order valence-electron chi connectivity index (χ3n) is 6.60. The molecule has 5 rings (SSSR count). The number of carbonyl (C=O) groups excluding carboxylic acids is 1. The molecular weight excluding hydrogens is 360 g/mol. The van der Waals surface area contributed by atoms with Crippen LogP contribution < -0.4 is 5.32 Å². The summed E-state index contributed by atoms with van der Waals surface area (Å²) in [7, 11) is 2.03. The van der Waals surface area contributed by atoms with Crippen molar-refractivity contribution >= 4 is 18.3 Å². The molecule has 27 heavy (non-hydrogen) atoms. The number of nitrogens with one attached hydrogen (secondary N) is 1. The number of hydrogen-bond acceptors (Lipinski definition) is 3. The van der Waals surface area contributed by atoms with Crippen molar-refractivity contribution < 1.29 is 4.79 Å². The van der Waals surface area contributed by atoms with Crippen LogP contribution in [0.4, 0.5) is 0 Å². The van der Waals surface area contributed by atoms with Crippen LogP contribution in [0.1, 0.15) is 24.1 Å². The Hall–Kier alpha value is -1.85. The summed E-state index contributed by atoms with van der Waals surface area (Å²) in [4.78, 5) is 15.3. The fourth-order valence-corrected chi connectivity index (χ4v) is 5.25. The van der Waals surface area contributed by atoms with Crippen molar-refractivity contribution in [2.75, 3.05) is 19.6 Å². The molecule has 3 heterocycles. The molecule has 0 radical (unpaired) electrons. The Morgan fingerprint density at radius 1 is 1.15 bits per heavy atom. The van der Waals surface area contributed by atoms with Crippen LogP contribution >= 0.6 is 12.4 Å². The van der Waals surface area contributed by atoms with Gasteiger partial charge in [-0.3, -0.25) is 9.48 Å². The summed E-state index contributed by atoms with van der Waals surface area (Å²) >= 11 is 0. The molecule has 2 aromatic rings. The zero-order valence-electron chi connectivity index (χ0n) is 15.7. The summed E-state index contributed by atoms with van der Waals surface area (Å²) in [6.45, 7) is 2.65. The van der Waals surface area contributed by atoms with Crippen molar-refractivity contribution in [1.82, 2.24) is 20.0 Å². The monoisotopic (exact) mass is 386 g/mol. The van der Waals surface area contributed by atoms with Gasteiger partial charge in [0.25, 0.3) is 0 Å². The van der Waals surface area contributed by atoms with Crippen LogP contribution in [0.25, 0.3) is 11.3 Å². The number of aryl methyl sites for hydroxylation is 1. The van der Waals surface area contributed by atoms with Crippen molar-refractivity contribution in [2.24, 2.45) is 18.9 Å². The van der Waals surface area contributed by atoms with E-state index in [0.717, 1.165) is 44.6 Å². The van der Waals surface area contributed by atoms with E-state index in [1.165, 1.54) is 23.2 Å². The highest BCUT2D eigenvalue weighted by molar-refractivity contribution is 5.85. The number of halogens is 1. The minimum Gasteiger partial charge on any atom is -0.342 e. The lowest BCUT2D eigenvalue weighted by molar-refractivity contribution is -0.136. The molecular formula is C21H27ClN4O. The topological polar surface area (TPSA) is 50.2 Å². The number of piperidine rings is 1. The first kappa shape index (κ1) is 18.5. The molecule has 1 N–H and O–H groups in total. The van der Waals surface area contributed by atoms with Gasteiger partial charge in [0.2, 0.25) is 5.91 Å². The quantitative estimate of drug-likeness (QED) is 0.862. The second kappa shape index (κ2) is 7.28. The third kappa shape index (κ3) is 3.07. The normalized spacial score (nSPS) is 26.4. The van der Waals surface area contributed by atoms with Crippen LogP contribution in [0.5, 0.6) is 0 Å². The maximum absolute atomic E-state index is 13.2. The lowest BCUT2D eigenvalue weighted by Gasteiger charge is -2.26. The molecule has 2 aliphatic heterocycles. The molecule has 144 valence electrons. The van der Waals surface area contributed by atoms with E-state index in [1.807, 2.05) is 17.8 Å². The Morgan fingerprint density at radius 2 is 1.93 bits per heavy atom. The number of rotatable bonds is 2. The Bertz CT molecular complexity index is 814. The van der Waals surface area contributed by atoms with E-state index in [2.05, 4.69) is 34.5 Å². The van der Waals surface area contributed by atoms with Crippen LogP contribution in [-0.2, 0) is 24.7 Å². The van der Waals surface area contributed by atoms with Crippen molar-refractivity contribution in [2.45, 2.75) is 31.7 Å². The molecule has 1 saturated heterocycles. The van der Waals surface area contributed by atoms with E-state index in [4.69, 9.17) is 5.10 Å². The Morgan fingerprint density at radius 3 is 2.59 bits per heavy atom. The largest absolute Gasteiger partial charge is 0.342 e. The number of aromatic nitrogens is 2. The van der Waals surface area contributed by atoms with Gasteiger partial charge >= 0.3 is 0 Å². The van der Waals surface area contributed by atoms with Gasteiger partial charge in [-0.15, -0.1) is 12.4 Å². The van der Waals surface area contributed by atoms with Crippen molar-refractivity contribution in [3.8, 4) is 11.3 Å². The molecule has 3 aliphatic rings. The zero-order valence-corrected chi connectivity index (χ0v) is 16.5. The second-order valence-electron chi connectivity index (χ2n) is 7.97. The first-order valence-electron chi connectivity index (χ1n) is 9.84. The Kier molecular flexibility index (Phi) is 4.99. The van der Waals surface area contributed by atoms with Gasteiger partial charge in [-0.2, -0.15) is 5.10 Å². The highest BCUT2D eigenvalue weighted by Crippen LogP contribution is 2.38. The average Bonchev–Trinajstić information content (AvgIpc) is 3.30. The maximum atomic E-state index is 13.2. The summed E-state index contributed by atoms with van der Waals surface area (Å²) in [5.74, 6) is 1.15. The van der Waals surface area contributed by atoms with Crippen molar-refractivity contribution in [3.05, 3.63) is 41.6 Å². The SMILES string of the molecule is Cl.Cn1nc(-c2ccccc2)c2c1CCN(C(=O)[C@@H]1[C@H]3CC[C@@H]1NC3)CC2. The number of benzene rings is 1. The second-order valence-corrected chi connectivity index (χ2v) is 7.97. The van der Waals surface area contributed by atoms with Crippen LogP contribution in [0.2, 0.25) is 0 Å². The van der Waals surface area contributed by atoms with Gasteiger partial charge in [0.05, 0.1) is 11.6 Å². The van der Waals surface area contributed by atoms with Gasteiger partial charge in [-0.25, -0.2) is 0 Å². The van der Waals surface area contributed by atoms with E-state index in [-0.39, 0.29) is 18.3 Å². The van der Waals surface area contributed by atoms with Crippen molar-refractivity contribution in [1.29, 1.82) is 0 Å². The summed E-state index contributed by atoms with van der Waals surface area (Å²) in [5.41, 5.74) is 4.86. The van der Waals surface area contributed by atoms with E-state index in [9.17, 15) is 4.79 Å². The molecule has 6 heteroatoms. The van der Waals surface area contributed by atoms with E-state index in [0.29, 0.717) is 17.9 Å². The average molecular weight is 387 g/mol. The lowest BCUT2D eigenvalue weighted by atomic mass is 9.96. The van der Waals surface area contributed by atoms with E-state index in [1.54, 1.807) is 0 Å². The first-order chi connectivity index (χ1) is 12.7. The van der Waals surface area contributed by atoms with Crippen LogP contribution in [0, 0.1) is 11.8 Å². The molecule has 0 spiro atoms. The van der Waals surface area contributed by atoms with E-state index >= 15 is 0 Å². The fourth-order valence-electron chi connectivity index (χ4n) is 5.25. The number of carbonyl (C=O) groups is 1. The number of nitrogens with zero attached hydrogens (tertiary/aromatic N) is 3.